The minimum absolute atomic E-state index is 0.101. The minimum atomic E-state index is -0.172. The number of rotatable bonds is 6. The monoisotopic (exact) mass is 341 g/mol. The van der Waals surface area contributed by atoms with Crippen LogP contribution < -0.4 is 15.6 Å². The largest absolute Gasteiger partial charge is 0.494 e. The van der Waals surface area contributed by atoms with Crippen LogP contribution in [0.4, 0.5) is 0 Å². The summed E-state index contributed by atoms with van der Waals surface area (Å²) in [6.45, 7) is 3.23. The van der Waals surface area contributed by atoms with Gasteiger partial charge in [0.05, 0.1) is 18.8 Å². The van der Waals surface area contributed by atoms with Crippen molar-refractivity contribution < 1.29 is 9.53 Å². The van der Waals surface area contributed by atoms with Gasteiger partial charge in [-0.3, -0.25) is 9.59 Å². The first-order valence-electron chi connectivity index (χ1n) is 8.78. The van der Waals surface area contributed by atoms with Gasteiger partial charge in [-0.2, -0.15) is 5.10 Å². The number of aromatic nitrogens is 2. The number of aryl methyl sites for hydroxylation is 2. The molecule has 0 fully saturated rings. The summed E-state index contributed by atoms with van der Waals surface area (Å²) in [6.07, 6.45) is 4.10. The van der Waals surface area contributed by atoms with Crippen LogP contribution in [-0.2, 0) is 19.4 Å². The van der Waals surface area contributed by atoms with Crippen LogP contribution in [0.15, 0.2) is 35.1 Å². The summed E-state index contributed by atoms with van der Waals surface area (Å²) in [5.41, 5.74) is 2.56. The highest BCUT2D eigenvalue weighted by atomic mass is 16.5. The van der Waals surface area contributed by atoms with Gasteiger partial charge in [0.25, 0.3) is 11.5 Å². The summed E-state index contributed by atoms with van der Waals surface area (Å²) in [4.78, 5) is 24.3. The lowest BCUT2D eigenvalue weighted by molar-refractivity contribution is 0.0951. The molecule has 1 aliphatic carbocycles. The molecule has 0 unspecified atom stereocenters. The predicted molar refractivity (Wildman–Crippen MR) is 95.1 cm³/mol. The van der Waals surface area contributed by atoms with Crippen LogP contribution in [0, 0.1) is 0 Å². The van der Waals surface area contributed by atoms with Gasteiger partial charge in [-0.15, -0.1) is 0 Å². The van der Waals surface area contributed by atoms with Crippen molar-refractivity contribution in [2.45, 2.75) is 39.2 Å². The third kappa shape index (κ3) is 4.26. The van der Waals surface area contributed by atoms with Crippen molar-refractivity contribution in [3.8, 4) is 5.75 Å². The number of nitrogens with zero attached hydrogens (tertiary/aromatic N) is 2. The number of hydrogen-bond donors (Lipinski definition) is 1. The molecule has 1 aromatic carbocycles. The van der Waals surface area contributed by atoms with Crippen LogP contribution in [0.1, 0.15) is 41.4 Å². The number of hydrogen-bond acceptors (Lipinski definition) is 4. The van der Waals surface area contributed by atoms with E-state index in [1.165, 1.54) is 4.68 Å². The maximum absolute atomic E-state index is 12.2. The molecule has 132 valence electrons. The predicted octanol–water partition coefficient (Wildman–Crippen LogP) is 1.95. The molecule has 1 aliphatic rings. The molecule has 3 rings (SSSR count). The molecule has 25 heavy (non-hydrogen) atoms. The van der Waals surface area contributed by atoms with Crippen molar-refractivity contribution >= 4 is 5.91 Å². The van der Waals surface area contributed by atoms with E-state index in [0.29, 0.717) is 25.3 Å². The first kappa shape index (κ1) is 17.2. The van der Waals surface area contributed by atoms with Gasteiger partial charge in [0.15, 0.2) is 0 Å². The Morgan fingerprint density at radius 1 is 1.24 bits per heavy atom. The summed E-state index contributed by atoms with van der Waals surface area (Å²) >= 11 is 0. The fraction of sp³-hybridized carbons (Fsp3) is 0.421. The third-order valence-corrected chi connectivity index (χ3v) is 4.31. The van der Waals surface area contributed by atoms with Crippen molar-refractivity contribution in [2.24, 2.45) is 0 Å². The Kier molecular flexibility index (Phi) is 5.48. The van der Waals surface area contributed by atoms with Gasteiger partial charge < -0.3 is 10.1 Å². The Labute approximate surface area is 146 Å². The second kappa shape index (κ2) is 7.96. The molecule has 2 aromatic rings. The Morgan fingerprint density at radius 3 is 2.76 bits per heavy atom. The lowest BCUT2D eigenvalue weighted by Crippen LogP contribution is -2.33. The van der Waals surface area contributed by atoms with Crippen LogP contribution >= 0.6 is 0 Å². The third-order valence-electron chi connectivity index (χ3n) is 4.31. The van der Waals surface area contributed by atoms with Crippen LogP contribution in [0.5, 0.6) is 5.75 Å². The molecule has 0 saturated heterocycles. The van der Waals surface area contributed by atoms with Crippen molar-refractivity contribution in [3.05, 3.63) is 57.5 Å². The summed E-state index contributed by atoms with van der Waals surface area (Å²) in [5.74, 6) is 0.568. The highest BCUT2D eigenvalue weighted by Crippen LogP contribution is 2.16. The summed E-state index contributed by atoms with van der Waals surface area (Å²) in [5, 5.41) is 7.28. The molecular weight excluding hydrogens is 318 g/mol. The Hall–Kier alpha value is -2.63. The highest BCUT2D eigenvalue weighted by molar-refractivity contribution is 5.94. The molecule has 6 nitrogen and oxygen atoms in total. The van der Waals surface area contributed by atoms with E-state index in [1.807, 2.05) is 6.92 Å². The smallest absolute Gasteiger partial charge is 0.267 e. The summed E-state index contributed by atoms with van der Waals surface area (Å²) in [7, 11) is 0. The molecule has 0 bridgehead atoms. The van der Waals surface area contributed by atoms with E-state index in [4.69, 9.17) is 4.74 Å². The normalized spacial score (nSPS) is 13.2. The molecule has 0 atom stereocenters. The average Bonchev–Trinajstić information content (AvgIpc) is 2.63. The van der Waals surface area contributed by atoms with Gasteiger partial charge in [0.1, 0.15) is 5.75 Å². The zero-order valence-electron chi connectivity index (χ0n) is 14.5. The number of amides is 1. The number of benzene rings is 1. The first-order chi connectivity index (χ1) is 12.2. The quantitative estimate of drug-likeness (QED) is 0.872. The Balaban J connectivity index is 1.57. The van der Waals surface area contributed by atoms with E-state index in [9.17, 15) is 9.59 Å². The van der Waals surface area contributed by atoms with Gasteiger partial charge >= 0.3 is 0 Å². The van der Waals surface area contributed by atoms with E-state index < -0.39 is 0 Å². The molecular formula is C19H23N3O3. The lowest BCUT2D eigenvalue weighted by atomic mass is 9.97. The number of carbonyl (C=O) groups excluding carboxylic acids is 1. The van der Waals surface area contributed by atoms with Crippen LogP contribution in [0.3, 0.4) is 0 Å². The molecule has 1 N–H and O–H groups in total. The van der Waals surface area contributed by atoms with Crippen LogP contribution in [-0.4, -0.2) is 28.8 Å². The van der Waals surface area contributed by atoms with E-state index in [1.54, 1.807) is 30.3 Å². The van der Waals surface area contributed by atoms with E-state index in [-0.39, 0.29) is 11.5 Å². The van der Waals surface area contributed by atoms with Crippen LogP contribution in [0.25, 0.3) is 0 Å². The molecule has 0 saturated carbocycles. The fourth-order valence-electron chi connectivity index (χ4n) is 3.01. The van der Waals surface area contributed by atoms with Gasteiger partial charge in [0.2, 0.25) is 0 Å². The second-order valence-electron chi connectivity index (χ2n) is 6.10. The van der Waals surface area contributed by atoms with Crippen molar-refractivity contribution in [3.63, 3.8) is 0 Å². The maximum Gasteiger partial charge on any atom is 0.267 e. The van der Waals surface area contributed by atoms with Crippen molar-refractivity contribution in [1.29, 1.82) is 0 Å². The Morgan fingerprint density at radius 2 is 2.00 bits per heavy atom. The van der Waals surface area contributed by atoms with Crippen LogP contribution in [0.2, 0.25) is 0 Å². The molecule has 1 aromatic heterocycles. The molecule has 6 heteroatoms. The van der Waals surface area contributed by atoms with Gasteiger partial charge in [0, 0.05) is 18.2 Å². The van der Waals surface area contributed by atoms with E-state index in [2.05, 4.69) is 10.4 Å². The fourth-order valence-corrected chi connectivity index (χ4v) is 3.01. The maximum atomic E-state index is 12.2. The average molecular weight is 341 g/mol. The lowest BCUT2D eigenvalue weighted by Gasteiger charge is -2.16. The van der Waals surface area contributed by atoms with E-state index in [0.717, 1.165) is 42.7 Å². The molecule has 1 heterocycles. The number of ether oxygens (including phenoxy) is 1. The zero-order valence-corrected chi connectivity index (χ0v) is 14.5. The number of fused-ring (bicyclic) bond motifs is 1. The van der Waals surface area contributed by atoms with Crippen molar-refractivity contribution in [2.75, 3.05) is 13.2 Å². The highest BCUT2D eigenvalue weighted by Gasteiger charge is 2.13. The Bertz CT molecular complexity index is 797. The SMILES string of the molecule is CCOc1ccc(C(=O)NCCn2nc3c(cc2=O)CCCC3)cc1. The molecule has 0 radical (unpaired) electrons. The molecule has 0 spiro atoms. The summed E-state index contributed by atoms with van der Waals surface area (Å²) in [6, 6.07) is 8.69. The van der Waals surface area contributed by atoms with Crippen molar-refractivity contribution in [1.82, 2.24) is 15.1 Å². The minimum Gasteiger partial charge on any atom is -0.494 e. The van der Waals surface area contributed by atoms with Gasteiger partial charge in [-0.05, 0) is 62.4 Å². The van der Waals surface area contributed by atoms with Gasteiger partial charge in [-0.1, -0.05) is 0 Å². The molecule has 0 aliphatic heterocycles. The summed E-state index contributed by atoms with van der Waals surface area (Å²) < 4.78 is 6.81. The standard InChI is InChI=1S/C19H23N3O3/c1-2-25-16-9-7-14(8-10-16)19(24)20-11-12-22-18(23)13-15-5-3-4-6-17(15)21-22/h7-10,13H,2-6,11-12H2,1H3,(H,20,24). The first-order valence-corrected chi connectivity index (χ1v) is 8.78. The van der Waals surface area contributed by atoms with E-state index >= 15 is 0 Å². The topological polar surface area (TPSA) is 73.2 Å². The molecule has 1 amide bonds. The number of carbonyl (C=O) groups is 1. The van der Waals surface area contributed by atoms with Gasteiger partial charge in [-0.25, -0.2) is 4.68 Å². The second-order valence-corrected chi connectivity index (χ2v) is 6.10. The number of nitrogens with one attached hydrogen (secondary N) is 1. The zero-order chi connectivity index (χ0) is 17.6.